The number of carbonyl (C=O) groups is 1. The van der Waals surface area contributed by atoms with Gasteiger partial charge in [0.2, 0.25) is 5.91 Å². The Kier molecular flexibility index (Phi) is 6.62. The van der Waals surface area contributed by atoms with Crippen LogP contribution in [-0.2, 0) is 17.9 Å². The van der Waals surface area contributed by atoms with Gasteiger partial charge in [-0.2, -0.15) is 0 Å². The first kappa shape index (κ1) is 17.5. The van der Waals surface area contributed by atoms with E-state index >= 15 is 0 Å². The molecule has 0 unspecified atom stereocenters. The Morgan fingerprint density at radius 2 is 2.00 bits per heavy atom. The first-order valence-electron chi connectivity index (χ1n) is 7.52. The molecule has 2 rings (SSSR count). The fraction of sp³-hybridized carbons (Fsp3) is 0.278. The molecular weight excluding hydrogens is 356 g/mol. The van der Waals surface area contributed by atoms with E-state index in [1.165, 1.54) is 0 Å². The van der Waals surface area contributed by atoms with Crippen molar-refractivity contribution < 1.29 is 9.90 Å². The fourth-order valence-electron chi connectivity index (χ4n) is 2.26. The van der Waals surface area contributed by atoms with E-state index in [-0.39, 0.29) is 11.7 Å². The molecule has 2 N–H and O–H groups in total. The Bertz CT molecular complexity index is 661. The number of phenols is 1. The molecule has 0 fully saturated rings. The molecule has 0 saturated carbocycles. The van der Waals surface area contributed by atoms with Crippen LogP contribution >= 0.6 is 15.9 Å². The minimum absolute atomic E-state index is 0.101. The maximum atomic E-state index is 12.2. The lowest BCUT2D eigenvalue weighted by Crippen LogP contribution is -2.29. The van der Waals surface area contributed by atoms with Crippen molar-refractivity contribution in [1.82, 2.24) is 10.2 Å². The van der Waals surface area contributed by atoms with Crippen molar-refractivity contribution in [2.24, 2.45) is 0 Å². The summed E-state index contributed by atoms with van der Waals surface area (Å²) in [6, 6.07) is 15.0. The molecule has 0 aliphatic carbocycles. The van der Waals surface area contributed by atoms with Gasteiger partial charge < -0.3 is 15.3 Å². The van der Waals surface area contributed by atoms with Crippen LogP contribution in [0.2, 0.25) is 0 Å². The number of halogens is 1. The molecule has 0 aliphatic rings. The Hall–Kier alpha value is -1.85. The number of carbonyl (C=O) groups excluding carboxylic acids is 1. The second kappa shape index (κ2) is 8.70. The van der Waals surface area contributed by atoms with Gasteiger partial charge >= 0.3 is 0 Å². The molecule has 0 aromatic heterocycles. The molecule has 5 heteroatoms. The van der Waals surface area contributed by atoms with Crippen molar-refractivity contribution in [2.45, 2.75) is 19.5 Å². The largest absolute Gasteiger partial charge is 0.508 e. The second-order valence-electron chi connectivity index (χ2n) is 5.44. The normalized spacial score (nSPS) is 10.5. The highest BCUT2D eigenvalue weighted by Gasteiger charge is 2.10. The SMILES string of the molecule is CN(Cc1ccccc1Br)C(=O)CCNCc1cccc(O)c1. The maximum absolute atomic E-state index is 12.2. The fourth-order valence-corrected chi connectivity index (χ4v) is 2.67. The summed E-state index contributed by atoms with van der Waals surface area (Å²) >= 11 is 3.50. The number of phenolic OH excluding ortho intramolecular Hbond substituents is 1. The van der Waals surface area contributed by atoms with Crippen LogP contribution in [0.15, 0.2) is 53.0 Å². The number of hydrogen-bond acceptors (Lipinski definition) is 3. The summed E-state index contributed by atoms with van der Waals surface area (Å²) in [7, 11) is 1.82. The zero-order chi connectivity index (χ0) is 16.7. The van der Waals surface area contributed by atoms with Crippen LogP contribution in [0.4, 0.5) is 0 Å². The van der Waals surface area contributed by atoms with Crippen molar-refractivity contribution >= 4 is 21.8 Å². The van der Waals surface area contributed by atoms with Crippen LogP contribution in [0.3, 0.4) is 0 Å². The molecule has 0 aliphatic heterocycles. The summed E-state index contributed by atoms with van der Waals surface area (Å²) in [5, 5.41) is 12.6. The van der Waals surface area contributed by atoms with E-state index in [1.54, 1.807) is 17.0 Å². The van der Waals surface area contributed by atoms with Crippen LogP contribution < -0.4 is 5.32 Å². The molecule has 4 nitrogen and oxygen atoms in total. The van der Waals surface area contributed by atoms with Gasteiger partial charge in [-0.15, -0.1) is 0 Å². The minimum atomic E-state index is 0.101. The number of aromatic hydroxyl groups is 1. The van der Waals surface area contributed by atoms with E-state index in [0.29, 0.717) is 26.1 Å². The van der Waals surface area contributed by atoms with Crippen molar-refractivity contribution in [3.63, 3.8) is 0 Å². The second-order valence-corrected chi connectivity index (χ2v) is 6.29. The Morgan fingerprint density at radius 1 is 1.22 bits per heavy atom. The summed E-state index contributed by atoms with van der Waals surface area (Å²) in [4.78, 5) is 13.9. The Balaban J connectivity index is 1.73. The van der Waals surface area contributed by atoms with Crippen LogP contribution in [0.25, 0.3) is 0 Å². The van der Waals surface area contributed by atoms with Crippen LogP contribution in [0.5, 0.6) is 5.75 Å². The number of benzene rings is 2. The van der Waals surface area contributed by atoms with Gasteiger partial charge in [-0.1, -0.05) is 46.3 Å². The van der Waals surface area contributed by atoms with E-state index in [9.17, 15) is 9.90 Å². The maximum Gasteiger partial charge on any atom is 0.223 e. The summed E-state index contributed by atoms with van der Waals surface area (Å²) in [5.41, 5.74) is 2.09. The van der Waals surface area contributed by atoms with Crippen molar-refractivity contribution in [3.05, 3.63) is 64.1 Å². The summed E-state index contributed by atoms with van der Waals surface area (Å²) in [6.45, 7) is 1.83. The zero-order valence-electron chi connectivity index (χ0n) is 13.1. The molecule has 0 atom stereocenters. The van der Waals surface area contributed by atoms with Gasteiger partial charge in [0.25, 0.3) is 0 Å². The highest BCUT2D eigenvalue weighted by molar-refractivity contribution is 9.10. The average Bonchev–Trinajstić information content (AvgIpc) is 2.53. The molecule has 0 bridgehead atoms. The molecule has 122 valence electrons. The third kappa shape index (κ3) is 5.69. The summed E-state index contributed by atoms with van der Waals surface area (Å²) in [5.74, 6) is 0.359. The molecular formula is C18H21BrN2O2. The number of rotatable bonds is 7. The summed E-state index contributed by atoms with van der Waals surface area (Å²) in [6.07, 6.45) is 0.444. The van der Waals surface area contributed by atoms with Crippen molar-refractivity contribution in [1.29, 1.82) is 0 Å². The van der Waals surface area contributed by atoms with Crippen LogP contribution in [-0.4, -0.2) is 29.5 Å². The van der Waals surface area contributed by atoms with E-state index in [1.807, 2.05) is 43.4 Å². The first-order chi connectivity index (χ1) is 11.1. The molecule has 0 radical (unpaired) electrons. The van der Waals surface area contributed by atoms with Gasteiger partial charge in [0.15, 0.2) is 0 Å². The predicted molar refractivity (Wildman–Crippen MR) is 95.0 cm³/mol. The van der Waals surface area contributed by atoms with Crippen LogP contribution in [0, 0.1) is 0 Å². The van der Waals surface area contributed by atoms with Crippen molar-refractivity contribution in [2.75, 3.05) is 13.6 Å². The third-order valence-corrected chi connectivity index (χ3v) is 4.32. The highest BCUT2D eigenvalue weighted by atomic mass is 79.9. The standard InChI is InChI=1S/C18H21BrN2O2/c1-21(13-15-6-2-3-8-17(15)19)18(23)9-10-20-12-14-5-4-7-16(22)11-14/h2-8,11,20,22H,9-10,12-13H2,1H3. The van der Waals surface area contributed by atoms with Crippen LogP contribution in [0.1, 0.15) is 17.5 Å². The van der Waals surface area contributed by atoms with Gasteiger partial charge in [0.05, 0.1) is 0 Å². The van der Waals surface area contributed by atoms with E-state index < -0.39 is 0 Å². The topological polar surface area (TPSA) is 52.6 Å². The molecule has 0 spiro atoms. The molecule has 23 heavy (non-hydrogen) atoms. The van der Waals surface area contributed by atoms with Crippen molar-refractivity contribution in [3.8, 4) is 5.75 Å². The molecule has 2 aromatic rings. The lowest BCUT2D eigenvalue weighted by atomic mass is 10.2. The highest BCUT2D eigenvalue weighted by Crippen LogP contribution is 2.17. The smallest absolute Gasteiger partial charge is 0.223 e. The Morgan fingerprint density at radius 3 is 2.74 bits per heavy atom. The number of nitrogens with one attached hydrogen (secondary N) is 1. The van der Waals surface area contributed by atoms with Gasteiger partial charge in [-0.25, -0.2) is 0 Å². The molecule has 2 aromatic carbocycles. The first-order valence-corrected chi connectivity index (χ1v) is 8.31. The van der Waals surface area contributed by atoms with Gasteiger partial charge in [-0.3, -0.25) is 4.79 Å². The average molecular weight is 377 g/mol. The van der Waals surface area contributed by atoms with Gasteiger partial charge in [0, 0.05) is 37.6 Å². The molecule has 1 amide bonds. The number of nitrogens with zero attached hydrogens (tertiary/aromatic N) is 1. The van der Waals surface area contributed by atoms with E-state index in [4.69, 9.17) is 0 Å². The van der Waals surface area contributed by atoms with E-state index in [2.05, 4.69) is 21.2 Å². The number of amides is 1. The molecule has 0 saturated heterocycles. The van der Waals surface area contributed by atoms with Gasteiger partial charge in [0.1, 0.15) is 5.75 Å². The van der Waals surface area contributed by atoms with Gasteiger partial charge in [-0.05, 0) is 29.3 Å². The monoisotopic (exact) mass is 376 g/mol. The van der Waals surface area contributed by atoms with E-state index in [0.717, 1.165) is 15.6 Å². The third-order valence-electron chi connectivity index (χ3n) is 3.55. The lowest BCUT2D eigenvalue weighted by molar-refractivity contribution is -0.130. The zero-order valence-corrected chi connectivity index (χ0v) is 14.7. The molecule has 0 heterocycles. The number of hydrogen-bond donors (Lipinski definition) is 2. The quantitative estimate of drug-likeness (QED) is 0.728. The Labute approximate surface area is 145 Å². The predicted octanol–water partition coefficient (Wildman–Crippen LogP) is 3.29. The summed E-state index contributed by atoms with van der Waals surface area (Å²) < 4.78 is 1.02. The minimum Gasteiger partial charge on any atom is -0.508 e. The lowest BCUT2D eigenvalue weighted by Gasteiger charge is -2.18.